The van der Waals surface area contributed by atoms with Gasteiger partial charge >= 0.3 is 0 Å². The zero-order chi connectivity index (χ0) is 11.3. The average Bonchev–Trinajstić information content (AvgIpc) is 2.61. The molecule has 0 saturated carbocycles. The van der Waals surface area contributed by atoms with Crippen molar-refractivity contribution in [1.82, 2.24) is 9.78 Å². The number of carbonyl (C=O) groups is 1. The summed E-state index contributed by atoms with van der Waals surface area (Å²) >= 11 is 0. The topological polar surface area (TPSA) is 34.9 Å². The van der Waals surface area contributed by atoms with Crippen molar-refractivity contribution in [2.24, 2.45) is 13.0 Å². The molecule has 1 heterocycles. The number of hydrogen-bond donors (Lipinski definition) is 0. The van der Waals surface area contributed by atoms with Gasteiger partial charge < -0.3 is 0 Å². The van der Waals surface area contributed by atoms with Crippen LogP contribution in [0.3, 0.4) is 0 Å². The molecule has 1 unspecified atom stereocenters. The molecule has 0 bridgehead atoms. The lowest BCUT2D eigenvalue weighted by Gasteiger charge is -2.06. The summed E-state index contributed by atoms with van der Waals surface area (Å²) in [5.41, 5.74) is 1.15. The maximum Gasteiger partial charge on any atom is 0.133 e. The summed E-state index contributed by atoms with van der Waals surface area (Å²) in [5.74, 6) is 0.889. The molecular formula is C12H20N2O. The van der Waals surface area contributed by atoms with E-state index in [0.717, 1.165) is 24.8 Å². The molecule has 0 fully saturated rings. The number of ketones is 1. The highest BCUT2D eigenvalue weighted by molar-refractivity contribution is 5.78. The third-order valence-electron chi connectivity index (χ3n) is 2.72. The molecular weight excluding hydrogens is 188 g/mol. The Labute approximate surface area is 91.5 Å². The molecule has 0 radical (unpaired) electrons. The highest BCUT2D eigenvalue weighted by Crippen LogP contribution is 2.10. The van der Waals surface area contributed by atoms with E-state index >= 15 is 0 Å². The maximum absolute atomic E-state index is 11.6. The number of hydrogen-bond acceptors (Lipinski definition) is 2. The lowest BCUT2D eigenvalue weighted by Crippen LogP contribution is -2.05. The predicted octanol–water partition coefficient (Wildman–Crippen LogP) is 2.36. The van der Waals surface area contributed by atoms with Crippen LogP contribution in [0.15, 0.2) is 12.4 Å². The molecule has 0 amide bonds. The first-order valence-electron chi connectivity index (χ1n) is 5.61. The summed E-state index contributed by atoms with van der Waals surface area (Å²) in [4.78, 5) is 11.6. The van der Waals surface area contributed by atoms with Gasteiger partial charge in [-0.1, -0.05) is 20.3 Å². The van der Waals surface area contributed by atoms with Crippen LogP contribution in [0.1, 0.15) is 38.7 Å². The molecule has 0 aliphatic rings. The van der Waals surface area contributed by atoms with Crippen LogP contribution < -0.4 is 0 Å². The molecule has 0 aromatic carbocycles. The maximum atomic E-state index is 11.6. The minimum Gasteiger partial charge on any atom is -0.300 e. The van der Waals surface area contributed by atoms with Crippen LogP contribution >= 0.6 is 0 Å². The first kappa shape index (κ1) is 12.0. The smallest absolute Gasteiger partial charge is 0.133 e. The predicted molar refractivity (Wildman–Crippen MR) is 60.6 cm³/mol. The number of rotatable bonds is 6. The second kappa shape index (κ2) is 5.69. The van der Waals surface area contributed by atoms with Gasteiger partial charge in [-0.05, 0) is 17.9 Å². The molecule has 84 valence electrons. The van der Waals surface area contributed by atoms with Gasteiger partial charge in [0.1, 0.15) is 5.78 Å². The van der Waals surface area contributed by atoms with Crippen LogP contribution in [-0.4, -0.2) is 15.6 Å². The van der Waals surface area contributed by atoms with Gasteiger partial charge in [-0.25, -0.2) is 0 Å². The molecule has 3 heteroatoms. The second-order valence-corrected chi connectivity index (χ2v) is 4.28. The lowest BCUT2D eigenvalue weighted by molar-refractivity contribution is -0.119. The summed E-state index contributed by atoms with van der Waals surface area (Å²) in [6.07, 6.45) is 7.07. The van der Waals surface area contributed by atoms with E-state index in [1.165, 1.54) is 0 Å². The third-order valence-corrected chi connectivity index (χ3v) is 2.72. The molecule has 1 aromatic rings. The van der Waals surface area contributed by atoms with Crippen molar-refractivity contribution in [1.29, 1.82) is 0 Å². The fourth-order valence-electron chi connectivity index (χ4n) is 1.52. The zero-order valence-corrected chi connectivity index (χ0v) is 9.86. The molecule has 1 atom stereocenters. The van der Waals surface area contributed by atoms with E-state index < -0.39 is 0 Å². The van der Waals surface area contributed by atoms with Gasteiger partial charge in [0.25, 0.3) is 0 Å². The van der Waals surface area contributed by atoms with Gasteiger partial charge in [-0.3, -0.25) is 9.48 Å². The van der Waals surface area contributed by atoms with Gasteiger partial charge in [-0.15, -0.1) is 0 Å². The first-order chi connectivity index (χ1) is 7.11. The molecule has 0 N–H and O–H groups in total. The monoisotopic (exact) mass is 208 g/mol. The number of Topliss-reactive ketones (excluding diaryl/α,β-unsaturated/α-hetero) is 1. The highest BCUT2D eigenvalue weighted by Gasteiger charge is 2.08. The van der Waals surface area contributed by atoms with Crippen LogP contribution in [0.4, 0.5) is 0 Å². The van der Waals surface area contributed by atoms with Crippen molar-refractivity contribution in [2.75, 3.05) is 0 Å². The summed E-state index contributed by atoms with van der Waals surface area (Å²) in [6, 6.07) is 0. The molecule has 3 nitrogen and oxygen atoms in total. The Morgan fingerprint density at radius 2 is 2.33 bits per heavy atom. The minimum atomic E-state index is 0.369. The molecule has 0 aliphatic heterocycles. The van der Waals surface area contributed by atoms with Gasteiger partial charge in [0.05, 0.1) is 6.20 Å². The van der Waals surface area contributed by atoms with Crippen LogP contribution in [0.5, 0.6) is 0 Å². The summed E-state index contributed by atoms with van der Waals surface area (Å²) in [5, 5.41) is 4.08. The van der Waals surface area contributed by atoms with Crippen molar-refractivity contribution in [3.8, 4) is 0 Å². The molecule has 0 aliphatic carbocycles. The molecule has 15 heavy (non-hydrogen) atoms. The van der Waals surface area contributed by atoms with Crippen LogP contribution in [0.2, 0.25) is 0 Å². The minimum absolute atomic E-state index is 0.369. The summed E-state index contributed by atoms with van der Waals surface area (Å²) in [7, 11) is 1.89. The van der Waals surface area contributed by atoms with Crippen LogP contribution in [0, 0.1) is 5.92 Å². The Morgan fingerprint density at radius 3 is 2.87 bits per heavy atom. The summed E-state index contributed by atoms with van der Waals surface area (Å²) < 4.78 is 1.77. The Bertz CT molecular complexity index is 317. The van der Waals surface area contributed by atoms with Crippen molar-refractivity contribution in [3.05, 3.63) is 18.0 Å². The fraction of sp³-hybridized carbons (Fsp3) is 0.667. The number of carbonyl (C=O) groups excluding carboxylic acids is 1. The van der Waals surface area contributed by atoms with E-state index in [1.807, 2.05) is 19.4 Å². The SMILES string of the molecule is CCC(C)CC(=O)CCc1cnn(C)c1. The Hall–Kier alpha value is -1.12. The van der Waals surface area contributed by atoms with Crippen LogP contribution in [0.25, 0.3) is 0 Å². The molecule has 1 aromatic heterocycles. The quantitative estimate of drug-likeness (QED) is 0.719. The van der Waals surface area contributed by atoms with E-state index in [4.69, 9.17) is 0 Å². The van der Waals surface area contributed by atoms with E-state index in [0.29, 0.717) is 18.1 Å². The van der Waals surface area contributed by atoms with Gasteiger partial charge in [0, 0.05) is 26.1 Å². The molecule has 0 saturated heterocycles. The van der Waals surface area contributed by atoms with Crippen molar-refractivity contribution < 1.29 is 4.79 Å². The Balaban J connectivity index is 2.28. The fourth-order valence-corrected chi connectivity index (χ4v) is 1.52. The van der Waals surface area contributed by atoms with E-state index in [2.05, 4.69) is 18.9 Å². The third kappa shape index (κ3) is 4.28. The van der Waals surface area contributed by atoms with Gasteiger partial charge in [0.15, 0.2) is 0 Å². The highest BCUT2D eigenvalue weighted by atomic mass is 16.1. The van der Waals surface area contributed by atoms with E-state index in [1.54, 1.807) is 4.68 Å². The largest absolute Gasteiger partial charge is 0.300 e. The van der Waals surface area contributed by atoms with E-state index in [9.17, 15) is 4.79 Å². The van der Waals surface area contributed by atoms with E-state index in [-0.39, 0.29) is 0 Å². The second-order valence-electron chi connectivity index (χ2n) is 4.28. The number of nitrogens with zero attached hydrogens (tertiary/aromatic N) is 2. The Morgan fingerprint density at radius 1 is 1.60 bits per heavy atom. The van der Waals surface area contributed by atoms with Crippen molar-refractivity contribution in [3.63, 3.8) is 0 Å². The lowest BCUT2D eigenvalue weighted by atomic mass is 9.99. The Kier molecular flexibility index (Phi) is 4.53. The molecule has 0 spiro atoms. The molecule has 1 rings (SSSR count). The average molecular weight is 208 g/mol. The van der Waals surface area contributed by atoms with Gasteiger partial charge in [-0.2, -0.15) is 5.10 Å². The normalized spacial score (nSPS) is 12.7. The summed E-state index contributed by atoms with van der Waals surface area (Å²) in [6.45, 7) is 4.25. The number of aryl methyl sites for hydroxylation is 2. The standard InChI is InChI=1S/C12H20N2O/c1-4-10(2)7-12(15)6-5-11-8-13-14(3)9-11/h8-10H,4-7H2,1-3H3. The van der Waals surface area contributed by atoms with Crippen LogP contribution in [-0.2, 0) is 18.3 Å². The first-order valence-corrected chi connectivity index (χ1v) is 5.61. The number of aromatic nitrogens is 2. The van der Waals surface area contributed by atoms with Crippen molar-refractivity contribution >= 4 is 5.78 Å². The zero-order valence-electron chi connectivity index (χ0n) is 9.86. The van der Waals surface area contributed by atoms with Gasteiger partial charge in [0.2, 0.25) is 0 Å². The van der Waals surface area contributed by atoms with Crippen molar-refractivity contribution in [2.45, 2.75) is 39.5 Å².